The lowest BCUT2D eigenvalue weighted by Gasteiger charge is -2.32. The number of carboxylic acids is 1. The molecule has 0 spiro atoms. The molecule has 1 aliphatic heterocycles. The Balaban J connectivity index is 2.28. The number of likely N-dealkylation sites (tertiary alicyclic amines) is 1. The Bertz CT molecular complexity index is 213. The molecule has 4 nitrogen and oxygen atoms in total. The van der Waals surface area contributed by atoms with Crippen LogP contribution in [0.4, 0.5) is 0 Å². The first-order valence-electron chi connectivity index (χ1n) is 6.29. The van der Waals surface area contributed by atoms with Gasteiger partial charge in [0.15, 0.2) is 0 Å². The van der Waals surface area contributed by atoms with Crippen LogP contribution in [0.25, 0.3) is 0 Å². The smallest absolute Gasteiger partial charge is 0.320 e. The summed E-state index contributed by atoms with van der Waals surface area (Å²) >= 11 is 0. The van der Waals surface area contributed by atoms with Crippen LogP contribution in [0.1, 0.15) is 32.6 Å². The van der Waals surface area contributed by atoms with E-state index in [4.69, 9.17) is 5.11 Å². The van der Waals surface area contributed by atoms with Crippen LogP contribution < -0.4 is 5.32 Å². The molecule has 94 valence electrons. The summed E-state index contributed by atoms with van der Waals surface area (Å²) in [4.78, 5) is 13.4. The van der Waals surface area contributed by atoms with E-state index in [9.17, 15) is 4.79 Å². The Hall–Kier alpha value is -0.610. The number of aliphatic carboxylic acids is 1. The highest BCUT2D eigenvalue weighted by molar-refractivity contribution is 5.73. The quantitative estimate of drug-likeness (QED) is 0.716. The van der Waals surface area contributed by atoms with Gasteiger partial charge in [-0.1, -0.05) is 6.92 Å². The number of carbonyl (C=O) groups is 1. The van der Waals surface area contributed by atoms with Crippen LogP contribution in [0.15, 0.2) is 0 Å². The Labute approximate surface area is 98.0 Å². The molecule has 4 heteroatoms. The van der Waals surface area contributed by atoms with Crippen LogP contribution >= 0.6 is 0 Å². The molecule has 0 aliphatic carbocycles. The van der Waals surface area contributed by atoms with Crippen molar-refractivity contribution in [2.45, 2.75) is 38.6 Å². The van der Waals surface area contributed by atoms with Crippen LogP contribution in [0.3, 0.4) is 0 Å². The lowest BCUT2D eigenvalue weighted by molar-refractivity contribution is -0.139. The topological polar surface area (TPSA) is 52.6 Å². The summed E-state index contributed by atoms with van der Waals surface area (Å²) in [6.45, 7) is 5.65. The second kappa shape index (κ2) is 6.86. The summed E-state index contributed by atoms with van der Waals surface area (Å²) < 4.78 is 0. The minimum absolute atomic E-state index is 0.372. The molecule has 1 atom stereocenters. The predicted octanol–water partition coefficient (Wildman–Crippen LogP) is 1.17. The molecule has 1 heterocycles. The molecule has 1 aliphatic rings. The van der Waals surface area contributed by atoms with Gasteiger partial charge >= 0.3 is 5.97 Å². The third-order valence-electron chi connectivity index (χ3n) is 3.46. The number of hydrogen-bond acceptors (Lipinski definition) is 3. The zero-order chi connectivity index (χ0) is 12.0. The zero-order valence-corrected chi connectivity index (χ0v) is 10.4. The van der Waals surface area contributed by atoms with E-state index in [0.29, 0.717) is 5.92 Å². The number of hydrogen-bond donors (Lipinski definition) is 2. The molecular formula is C12H24N2O2. The average Bonchev–Trinajstić information content (AvgIpc) is 2.28. The zero-order valence-electron chi connectivity index (χ0n) is 10.4. The number of carboxylic acid groups (broad SMARTS) is 1. The lowest BCUT2D eigenvalue weighted by Crippen LogP contribution is -2.40. The predicted molar refractivity (Wildman–Crippen MR) is 64.6 cm³/mol. The van der Waals surface area contributed by atoms with E-state index in [0.717, 1.165) is 32.4 Å². The number of rotatable bonds is 6. The molecular weight excluding hydrogens is 204 g/mol. The third kappa shape index (κ3) is 4.10. The highest BCUT2D eigenvalue weighted by atomic mass is 16.4. The fourth-order valence-electron chi connectivity index (χ4n) is 2.44. The molecule has 1 saturated heterocycles. The molecule has 2 N–H and O–H groups in total. The van der Waals surface area contributed by atoms with Gasteiger partial charge in [0.25, 0.3) is 0 Å². The van der Waals surface area contributed by atoms with Gasteiger partial charge in [-0.05, 0) is 58.3 Å². The van der Waals surface area contributed by atoms with E-state index >= 15 is 0 Å². The maximum absolute atomic E-state index is 10.9. The van der Waals surface area contributed by atoms with Gasteiger partial charge in [-0.2, -0.15) is 0 Å². The van der Waals surface area contributed by atoms with Crippen LogP contribution in [-0.4, -0.2) is 48.7 Å². The fourth-order valence-corrected chi connectivity index (χ4v) is 2.44. The van der Waals surface area contributed by atoms with Crippen LogP contribution in [0.5, 0.6) is 0 Å². The summed E-state index contributed by atoms with van der Waals surface area (Å²) in [5, 5.41) is 11.8. The Morgan fingerprint density at radius 3 is 2.56 bits per heavy atom. The lowest BCUT2D eigenvalue weighted by atomic mass is 9.90. The van der Waals surface area contributed by atoms with E-state index in [2.05, 4.69) is 17.1 Å². The van der Waals surface area contributed by atoms with Crippen molar-refractivity contribution in [2.75, 3.05) is 26.7 Å². The van der Waals surface area contributed by atoms with Gasteiger partial charge in [0.05, 0.1) is 0 Å². The maximum Gasteiger partial charge on any atom is 0.320 e. The van der Waals surface area contributed by atoms with E-state index in [-0.39, 0.29) is 6.04 Å². The first kappa shape index (κ1) is 13.5. The van der Waals surface area contributed by atoms with Crippen LogP contribution in [0.2, 0.25) is 0 Å². The van der Waals surface area contributed by atoms with Gasteiger partial charge in [0.2, 0.25) is 0 Å². The first-order chi connectivity index (χ1) is 7.67. The average molecular weight is 228 g/mol. The Kier molecular flexibility index (Phi) is 5.77. The van der Waals surface area contributed by atoms with E-state index in [1.54, 1.807) is 7.05 Å². The minimum Gasteiger partial charge on any atom is -0.480 e. The second-order valence-corrected chi connectivity index (χ2v) is 4.70. The van der Waals surface area contributed by atoms with Crippen molar-refractivity contribution in [2.24, 2.45) is 5.92 Å². The Morgan fingerprint density at radius 2 is 2.12 bits per heavy atom. The fraction of sp³-hybridized carbons (Fsp3) is 0.917. The second-order valence-electron chi connectivity index (χ2n) is 4.70. The first-order valence-corrected chi connectivity index (χ1v) is 6.29. The molecule has 0 bridgehead atoms. The number of nitrogens with one attached hydrogen (secondary N) is 1. The Morgan fingerprint density at radius 1 is 1.50 bits per heavy atom. The largest absolute Gasteiger partial charge is 0.480 e. The van der Waals surface area contributed by atoms with Gasteiger partial charge in [-0.3, -0.25) is 4.79 Å². The van der Waals surface area contributed by atoms with Gasteiger partial charge in [-0.25, -0.2) is 0 Å². The van der Waals surface area contributed by atoms with Crippen LogP contribution in [0, 0.1) is 5.92 Å². The summed E-state index contributed by atoms with van der Waals surface area (Å²) in [5.74, 6) is -0.153. The van der Waals surface area contributed by atoms with Crippen LogP contribution in [-0.2, 0) is 4.79 Å². The molecule has 16 heavy (non-hydrogen) atoms. The van der Waals surface area contributed by atoms with E-state index < -0.39 is 5.97 Å². The molecule has 1 fully saturated rings. The molecule has 0 saturated carbocycles. The van der Waals surface area contributed by atoms with E-state index in [1.165, 1.54) is 13.0 Å². The minimum atomic E-state index is -0.724. The van der Waals surface area contributed by atoms with Gasteiger partial charge in [0, 0.05) is 0 Å². The van der Waals surface area contributed by atoms with Crippen molar-refractivity contribution in [3.63, 3.8) is 0 Å². The molecule has 1 rings (SSSR count). The number of nitrogens with zero attached hydrogens (tertiary/aromatic N) is 1. The summed E-state index contributed by atoms with van der Waals surface area (Å²) in [6.07, 6.45) is 4.27. The van der Waals surface area contributed by atoms with Crippen molar-refractivity contribution in [1.82, 2.24) is 10.2 Å². The molecule has 0 aromatic carbocycles. The highest BCUT2D eigenvalue weighted by Gasteiger charge is 2.24. The monoisotopic (exact) mass is 228 g/mol. The number of piperidine rings is 1. The summed E-state index contributed by atoms with van der Waals surface area (Å²) in [7, 11) is 1.73. The molecule has 0 aromatic rings. The normalized spacial score (nSPS) is 20.9. The summed E-state index contributed by atoms with van der Waals surface area (Å²) in [5.41, 5.74) is 0. The third-order valence-corrected chi connectivity index (χ3v) is 3.46. The SMILES string of the molecule is CCCN1CCC(CC(NC)C(=O)O)CC1. The molecule has 0 radical (unpaired) electrons. The van der Waals surface area contributed by atoms with Crippen molar-refractivity contribution in [3.05, 3.63) is 0 Å². The van der Waals surface area contributed by atoms with Gasteiger partial charge in [-0.15, -0.1) is 0 Å². The van der Waals surface area contributed by atoms with Gasteiger partial charge in [0.1, 0.15) is 6.04 Å². The van der Waals surface area contributed by atoms with Crippen molar-refractivity contribution in [3.8, 4) is 0 Å². The van der Waals surface area contributed by atoms with E-state index in [1.807, 2.05) is 0 Å². The van der Waals surface area contributed by atoms with Crippen molar-refractivity contribution < 1.29 is 9.90 Å². The highest BCUT2D eigenvalue weighted by Crippen LogP contribution is 2.22. The number of likely N-dealkylation sites (N-methyl/N-ethyl adjacent to an activating group) is 1. The van der Waals surface area contributed by atoms with Gasteiger partial charge < -0.3 is 15.3 Å². The standard InChI is InChI=1S/C12H24N2O2/c1-3-6-14-7-4-10(5-8-14)9-11(13-2)12(15)16/h10-11,13H,3-9H2,1-2H3,(H,15,16). The summed E-state index contributed by atoms with van der Waals surface area (Å²) in [6, 6.07) is -0.372. The molecule has 0 amide bonds. The molecule has 1 unspecified atom stereocenters. The van der Waals surface area contributed by atoms with Crippen molar-refractivity contribution in [1.29, 1.82) is 0 Å². The van der Waals surface area contributed by atoms with Crippen molar-refractivity contribution >= 4 is 5.97 Å². The molecule has 0 aromatic heterocycles. The maximum atomic E-state index is 10.9.